The molecule has 0 unspecified atom stereocenters. The van der Waals surface area contributed by atoms with Crippen LogP contribution in [-0.2, 0) is 21.2 Å². The maximum absolute atomic E-state index is 13.1. The van der Waals surface area contributed by atoms with Gasteiger partial charge in [-0.25, -0.2) is 13.4 Å². The number of benzene rings is 2. The van der Waals surface area contributed by atoms with E-state index in [1.165, 1.54) is 11.3 Å². The van der Waals surface area contributed by atoms with E-state index in [4.69, 9.17) is 4.42 Å². The van der Waals surface area contributed by atoms with Gasteiger partial charge < -0.3 is 4.42 Å². The molecule has 2 aromatic carbocycles. The Hall–Kier alpha value is -2.62. The fourth-order valence-electron chi connectivity index (χ4n) is 3.25. The van der Waals surface area contributed by atoms with Crippen molar-refractivity contribution in [3.05, 3.63) is 72.7 Å². The summed E-state index contributed by atoms with van der Waals surface area (Å²) in [4.78, 5) is 20.8. The van der Waals surface area contributed by atoms with Crippen molar-refractivity contribution in [3.8, 4) is 0 Å². The topological polar surface area (TPSA) is 80.5 Å². The lowest BCUT2D eigenvalue weighted by molar-refractivity contribution is -0.118. The van der Waals surface area contributed by atoms with Crippen LogP contribution in [0.15, 0.2) is 81.1 Å². The van der Waals surface area contributed by atoms with E-state index in [0.29, 0.717) is 10.9 Å². The molecule has 2 heterocycles. The fourth-order valence-corrected chi connectivity index (χ4v) is 6.12. The molecule has 1 amide bonds. The zero-order chi connectivity index (χ0) is 22.6. The molecule has 0 fully saturated rings. The predicted molar refractivity (Wildman–Crippen MR) is 129 cm³/mol. The van der Waals surface area contributed by atoms with Gasteiger partial charge in [0.2, 0.25) is 5.91 Å². The van der Waals surface area contributed by atoms with Crippen LogP contribution in [0.5, 0.6) is 0 Å². The van der Waals surface area contributed by atoms with Gasteiger partial charge in [0.05, 0.1) is 33.7 Å². The Morgan fingerprint density at radius 1 is 1.12 bits per heavy atom. The average molecular weight is 487 g/mol. The Labute approximate surface area is 195 Å². The highest BCUT2D eigenvalue weighted by molar-refractivity contribution is 7.98. The first-order valence-corrected chi connectivity index (χ1v) is 13.7. The Balaban J connectivity index is 1.52. The maximum Gasteiger partial charge on any atom is 0.229 e. The van der Waals surface area contributed by atoms with Crippen molar-refractivity contribution < 1.29 is 17.6 Å². The average Bonchev–Trinajstić information content (AvgIpc) is 3.46. The molecule has 4 rings (SSSR count). The van der Waals surface area contributed by atoms with E-state index in [9.17, 15) is 13.2 Å². The third kappa shape index (κ3) is 5.23. The quantitative estimate of drug-likeness (QED) is 0.295. The summed E-state index contributed by atoms with van der Waals surface area (Å²) in [5.41, 5.74) is 0.826. The second kappa shape index (κ2) is 9.89. The Bertz CT molecular complexity index is 1300. The highest BCUT2D eigenvalue weighted by Gasteiger charge is 2.22. The van der Waals surface area contributed by atoms with Crippen LogP contribution in [0.25, 0.3) is 10.2 Å². The van der Waals surface area contributed by atoms with Crippen LogP contribution in [0.2, 0.25) is 0 Å². The van der Waals surface area contributed by atoms with Crippen LogP contribution in [0, 0.1) is 0 Å². The van der Waals surface area contributed by atoms with Crippen LogP contribution >= 0.6 is 23.1 Å². The molecule has 0 spiro atoms. The van der Waals surface area contributed by atoms with Crippen molar-refractivity contribution >= 4 is 54.2 Å². The standard InChI is InChI=1S/C23H22N2O4S3/c1-30-18-11-12-20-21(15-18)31-23(24-20)25(16-17-7-5-13-29-17)22(26)10-6-14-32(27,28)19-8-3-2-4-9-19/h2-5,7-9,11-13,15H,6,10,14,16H2,1H3. The number of hydrogen-bond donors (Lipinski definition) is 0. The zero-order valence-corrected chi connectivity index (χ0v) is 19.9. The van der Waals surface area contributed by atoms with Crippen LogP contribution in [0.1, 0.15) is 18.6 Å². The predicted octanol–water partition coefficient (Wildman–Crippen LogP) is 5.40. The minimum Gasteiger partial charge on any atom is -0.467 e. The molecule has 0 aliphatic rings. The van der Waals surface area contributed by atoms with Gasteiger partial charge in [0.15, 0.2) is 15.0 Å². The summed E-state index contributed by atoms with van der Waals surface area (Å²) in [7, 11) is -3.43. The molecule has 4 aromatic rings. The lowest BCUT2D eigenvalue weighted by Gasteiger charge is -2.18. The summed E-state index contributed by atoms with van der Waals surface area (Å²) in [6.07, 6.45) is 3.90. The van der Waals surface area contributed by atoms with Gasteiger partial charge in [-0.1, -0.05) is 29.5 Å². The number of hydrogen-bond acceptors (Lipinski definition) is 7. The van der Waals surface area contributed by atoms with E-state index in [1.54, 1.807) is 65.4 Å². The van der Waals surface area contributed by atoms with Crippen molar-refractivity contribution in [2.75, 3.05) is 16.9 Å². The van der Waals surface area contributed by atoms with E-state index >= 15 is 0 Å². The number of aromatic nitrogens is 1. The molecule has 166 valence electrons. The molecule has 2 aromatic heterocycles. The minimum atomic E-state index is -3.43. The Kier molecular flexibility index (Phi) is 6.98. The summed E-state index contributed by atoms with van der Waals surface area (Å²) >= 11 is 3.09. The molecule has 32 heavy (non-hydrogen) atoms. The third-order valence-electron chi connectivity index (χ3n) is 4.92. The van der Waals surface area contributed by atoms with Gasteiger partial charge in [-0.3, -0.25) is 9.69 Å². The molecule has 0 atom stereocenters. The molecule has 6 nitrogen and oxygen atoms in total. The lowest BCUT2D eigenvalue weighted by Crippen LogP contribution is -2.30. The van der Waals surface area contributed by atoms with Crippen molar-refractivity contribution in [1.82, 2.24) is 4.98 Å². The second-order valence-electron chi connectivity index (χ2n) is 7.12. The summed E-state index contributed by atoms with van der Waals surface area (Å²) in [5, 5.41) is 0.575. The molecular weight excluding hydrogens is 464 g/mol. The van der Waals surface area contributed by atoms with Gasteiger partial charge in [0.25, 0.3) is 0 Å². The Morgan fingerprint density at radius 3 is 2.66 bits per heavy atom. The first kappa shape index (κ1) is 22.6. The fraction of sp³-hybridized carbons (Fsp3) is 0.217. The van der Waals surface area contributed by atoms with E-state index in [1.807, 2.05) is 18.4 Å². The number of carbonyl (C=O) groups excluding carboxylic acids is 1. The highest BCUT2D eigenvalue weighted by atomic mass is 32.2. The number of rotatable bonds is 9. The number of anilines is 1. The number of thioether (sulfide) groups is 1. The lowest BCUT2D eigenvalue weighted by atomic mass is 10.3. The molecule has 0 saturated carbocycles. The van der Waals surface area contributed by atoms with E-state index in [-0.39, 0.29) is 35.9 Å². The van der Waals surface area contributed by atoms with Gasteiger partial charge in [-0.2, -0.15) is 0 Å². The second-order valence-corrected chi connectivity index (χ2v) is 11.1. The molecule has 0 N–H and O–H groups in total. The van der Waals surface area contributed by atoms with Gasteiger partial charge in [-0.05, 0) is 55.1 Å². The molecule has 0 aliphatic heterocycles. The van der Waals surface area contributed by atoms with Crippen LogP contribution in [-0.4, -0.2) is 31.3 Å². The summed E-state index contributed by atoms with van der Waals surface area (Å²) in [6.45, 7) is 0.243. The highest BCUT2D eigenvalue weighted by Crippen LogP contribution is 2.33. The number of furan rings is 1. The number of fused-ring (bicyclic) bond motifs is 1. The first-order chi connectivity index (χ1) is 15.5. The molecule has 0 bridgehead atoms. The van der Waals surface area contributed by atoms with E-state index in [0.717, 1.165) is 15.1 Å². The number of nitrogens with zero attached hydrogens (tertiary/aromatic N) is 2. The van der Waals surface area contributed by atoms with Gasteiger partial charge in [0, 0.05) is 11.3 Å². The third-order valence-corrected chi connectivity index (χ3v) is 8.50. The normalized spacial score (nSPS) is 11.7. The van der Waals surface area contributed by atoms with Crippen molar-refractivity contribution in [2.45, 2.75) is 29.2 Å². The van der Waals surface area contributed by atoms with Gasteiger partial charge >= 0.3 is 0 Å². The molecule has 0 saturated heterocycles. The smallest absolute Gasteiger partial charge is 0.229 e. The van der Waals surface area contributed by atoms with Crippen LogP contribution < -0.4 is 4.90 Å². The summed E-state index contributed by atoms with van der Waals surface area (Å²) < 4.78 is 31.5. The Morgan fingerprint density at radius 2 is 1.94 bits per heavy atom. The molecule has 0 aliphatic carbocycles. The zero-order valence-electron chi connectivity index (χ0n) is 17.4. The van der Waals surface area contributed by atoms with Gasteiger partial charge in [0.1, 0.15) is 5.76 Å². The molecule has 9 heteroatoms. The van der Waals surface area contributed by atoms with E-state index < -0.39 is 9.84 Å². The first-order valence-electron chi connectivity index (χ1n) is 10.0. The van der Waals surface area contributed by atoms with Crippen LogP contribution in [0.4, 0.5) is 5.13 Å². The number of amides is 1. The summed E-state index contributed by atoms with van der Waals surface area (Å²) in [6, 6.07) is 17.9. The number of thiazole rings is 1. The SMILES string of the molecule is CSc1ccc2nc(N(Cc3ccco3)C(=O)CCCS(=O)(=O)c3ccccc3)sc2c1. The summed E-state index contributed by atoms with van der Waals surface area (Å²) in [5.74, 6) is 0.363. The molecular formula is C23H22N2O4S3. The number of carbonyl (C=O) groups is 1. The van der Waals surface area contributed by atoms with Gasteiger partial charge in [-0.15, -0.1) is 11.8 Å². The van der Waals surface area contributed by atoms with E-state index in [2.05, 4.69) is 11.1 Å². The largest absolute Gasteiger partial charge is 0.467 e. The molecule has 0 radical (unpaired) electrons. The van der Waals surface area contributed by atoms with Crippen LogP contribution in [0.3, 0.4) is 0 Å². The van der Waals surface area contributed by atoms with Crippen molar-refractivity contribution in [2.24, 2.45) is 0 Å². The van der Waals surface area contributed by atoms with Crippen molar-refractivity contribution in [3.63, 3.8) is 0 Å². The monoisotopic (exact) mass is 486 g/mol. The van der Waals surface area contributed by atoms with Crippen molar-refractivity contribution in [1.29, 1.82) is 0 Å². The minimum absolute atomic E-state index is 0.0890. The maximum atomic E-state index is 13.1. The number of sulfone groups is 1.